The van der Waals surface area contributed by atoms with Crippen molar-refractivity contribution in [2.75, 3.05) is 6.61 Å². The van der Waals surface area contributed by atoms with Crippen LogP contribution < -0.4 is 0 Å². The van der Waals surface area contributed by atoms with E-state index in [2.05, 4.69) is 27.7 Å². The Morgan fingerprint density at radius 2 is 1.44 bits per heavy atom. The number of hydrogen-bond donors (Lipinski definition) is 2. The molecule has 0 aromatic rings. The summed E-state index contributed by atoms with van der Waals surface area (Å²) in [7, 11) is 0. The molecule has 2 atom stereocenters. The van der Waals surface area contributed by atoms with E-state index in [-0.39, 0.29) is 6.10 Å². The van der Waals surface area contributed by atoms with E-state index in [0.29, 0.717) is 12.5 Å². The summed E-state index contributed by atoms with van der Waals surface area (Å²) in [5.74, 6) is 1.31. The standard InChI is InChI=1S/C9H20O.C7H16O/c1-8(2)5-4-6-9(3)7-10;1-3-4-5-6-7(2)8/h8-10H,4-7H2,1-3H3;7-8H,3-6H2,1-2H3. The molecule has 0 heterocycles. The maximum Gasteiger partial charge on any atom is 0.0512 e. The second-order valence-corrected chi connectivity index (χ2v) is 5.96. The highest BCUT2D eigenvalue weighted by Crippen LogP contribution is 2.11. The molecule has 112 valence electrons. The van der Waals surface area contributed by atoms with Crippen molar-refractivity contribution in [2.24, 2.45) is 11.8 Å². The zero-order chi connectivity index (χ0) is 14.4. The van der Waals surface area contributed by atoms with Gasteiger partial charge >= 0.3 is 0 Å². The molecule has 2 N–H and O–H groups in total. The highest BCUT2D eigenvalue weighted by Gasteiger charge is 2.00. The van der Waals surface area contributed by atoms with Crippen LogP contribution in [-0.2, 0) is 0 Å². The second kappa shape index (κ2) is 15.0. The topological polar surface area (TPSA) is 40.5 Å². The van der Waals surface area contributed by atoms with Gasteiger partial charge in [-0.05, 0) is 31.6 Å². The van der Waals surface area contributed by atoms with Crippen molar-refractivity contribution < 1.29 is 10.2 Å². The van der Waals surface area contributed by atoms with Gasteiger partial charge in [0, 0.05) is 6.61 Å². The summed E-state index contributed by atoms with van der Waals surface area (Å²) in [6, 6.07) is 0. The molecule has 2 nitrogen and oxygen atoms in total. The first kappa shape index (κ1) is 20.2. The molecule has 0 rings (SSSR count). The van der Waals surface area contributed by atoms with Crippen LogP contribution in [0.2, 0.25) is 0 Å². The van der Waals surface area contributed by atoms with Gasteiger partial charge in [-0.1, -0.05) is 59.8 Å². The van der Waals surface area contributed by atoms with Gasteiger partial charge in [-0.15, -0.1) is 0 Å². The van der Waals surface area contributed by atoms with Crippen LogP contribution in [0.4, 0.5) is 0 Å². The first-order chi connectivity index (χ1) is 8.43. The van der Waals surface area contributed by atoms with Crippen molar-refractivity contribution in [1.29, 1.82) is 0 Å². The largest absolute Gasteiger partial charge is 0.396 e. The van der Waals surface area contributed by atoms with Gasteiger partial charge in [0.05, 0.1) is 6.10 Å². The Hall–Kier alpha value is -0.0800. The van der Waals surface area contributed by atoms with E-state index in [0.717, 1.165) is 12.3 Å². The molecular weight excluding hydrogens is 224 g/mol. The molecule has 0 aromatic heterocycles. The number of aliphatic hydroxyl groups is 2. The fourth-order valence-corrected chi connectivity index (χ4v) is 1.66. The predicted molar refractivity (Wildman–Crippen MR) is 80.8 cm³/mol. The molecule has 0 amide bonds. The van der Waals surface area contributed by atoms with E-state index >= 15 is 0 Å². The Balaban J connectivity index is 0. The fraction of sp³-hybridized carbons (Fsp3) is 1.00. The SMILES string of the molecule is CC(C)CCCC(C)CO.CCCCCC(C)O. The van der Waals surface area contributed by atoms with Crippen molar-refractivity contribution in [3.05, 3.63) is 0 Å². The van der Waals surface area contributed by atoms with Crippen molar-refractivity contribution in [3.8, 4) is 0 Å². The molecule has 0 aliphatic heterocycles. The molecule has 18 heavy (non-hydrogen) atoms. The molecule has 0 spiro atoms. The van der Waals surface area contributed by atoms with E-state index in [1.54, 1.807) is 0 Å². The van der Waals surface area contributed by atoms with Gasteiger partial charge in [0.1, 0.15) is 0 Å². The van der Waals surface area contributed by atoms with E-state index in [9.17, 15) is 0 Å². The maximum atomic E-state index is 8.78. The van der Waals surface area contributed by atoms with E-state index in [4.69, 9.17) is 10.2 Å². The second-order valence-electron chi connectivity index (χ2n) is 5.96. The molecule has 0 aromatic carbocycles. The summed E-state index contributed by atoms with van der Waals surface area (Å²) in [6.45, 7) is 10.9. The third-order valence-electron chi connectivity index (χ3n) is 3.02. The van der Waals surface area contributed by atoms with Crippen LogP contribution in [0, 0.1) is 11.8 Å². The first-order valence-corrected chi connectivity index (χ1v) is 7.72. The summed E-state index contributed by atoms with van der Waals surface area (Å²) < 4.78 is 0. The van der Waals surface area contributed by atoms with Crippen LogP contribution in [0.5, 0.6) is 0 Å². The predicted octanol–water partition coefficient (Wildman–Crippen LogP) is 4.39. The summed E-state index contributed by atoms with van der Waals surface area (Å²) in [5.41, 5.74) is 0. The molecule has 0 saturated heterocycles. The van der Waals surface area contributed by atoms with Gasteiger partial charge in [-0.25, -0.2) is 0 Å². The average molecular weight is 260 g/mol. The van der Waals surface area contributed by atoms with Crippen LogP contribution in [-0.4, -0.2) is 22.9 Å². The van der Waals surface area contributed by atoms with E-state index in [1.165, 1.54) is 38.5 Å². The van der Waals surface area contributed by atoms with Crippen molar-refractivity contribution >= 4 is 0 Å². The van der Waals surface area contributed by atoms with Gasteiger partial charge in [0.25, 0.3) is 0 Å². The number of unbranched alkanes of at least 4 members (excludes halogenated alkanes) is 2. The molecular formula is C16H36O2. The Labute approximate surface area is 115 Å². The minimum Gasteiger partial charge on any atom is -0.396 e. The third-order valence-corrected chi connectivity index (χ3v) is 3.02. The zero-order valence-corrected chi connectivity index (χ0v) is 13.3. The van der Waals surface area contributed by atoms with Crippen LogP contribution in [0.15, 0.2) is 0 Å². The minimum absolute atomic E-state index is 0.0958. The smallest absolute Gasteiger partial charge is 0.0512 e. The van der Waals surface area contributed by atoms with Gasteiger partial charge in [0.2, 0.25) is 0 Å². The number of rotatable bonds is 9. The van der Waals surface area contributed by atoms with Crippen LogP contribution in [0.25, 0.3) is 0 Å². The number of hydrogen-bond acceptors (Lipinski definition) is 2. The Bertz CT molecular complexity index is 144. The average Bonchev–Trinajstić information content (AvgIpc) is 2.29. The summed E-state index contributed by atoms with van der Waals surface area (Å²) in [6.07, 6.45) is 8.28. The van der Waals surface area contributed by atoms with Gasteiger partial charge in [0.15, 0.2) is 0 Å². The summed E-state index contributed by atoms with van der Waals surface area (Å²) >= 11 is 0. The van der Waals surface area contributed by atoms with Gasteiger partial charge in [-0.3, -0.25) is 0 Å². The normalized spacial score (nSPS) is 14.0. The Morgan fingerprint density at radius 1 is 0.833 bits per heavy atom. The van der Waals surface area contributed by atoms with E-state index < -0.39 is 0 Å². The summed E-state index contributed by atoms with van der Waals surface area (Å²) in [5, 5.41) is 17.5. The highest BCUT2D eigenvalue weighted by atomic mass is 16.3. The molecule has 0 saturated carbocycles. The van der Waals surface area contributed by atoms with Crippen LogP contribution in [0.3, 0.4) is 0 Å². The molecule has 0 aliphatic carbocycles. The number of aliphatic hydroxyl groups excluding tert-OH is 2. The lowest BCUT2D eigenvalue weighted by Crippen LogP contribution is -2.00. The lowest BCUT2D eigenvalue weighted by atomic mass is 10.0. The maximum absolute atomic E-state index is 8.78. The zero-order valence-electron chi connectivity index (χ0n) is 13.3. The lowest BCUT2D eigenvalue weighted by molar-refractivity contribution is 0.180. The Kier molecular flexibility index (Phi) is 16.8. The molecule has 0 bridgehead atoms. The fourth-order valence-electron chi connectivity index (χ4n) is 1.66. The lowest BCUT2D eigenvalue weighted by Gasteiger charge is -2.08. The monoisotopic (exact) mass is 260 g/mol. The molecule has 2 heteroatoms. The molecule has 2 unspecified atom stereocenters. The highest BCUT2D eigenvalue weighted by molar-refractivity contribution is 4.52. The van der Waals surface area contributed by atoms with Crippen LogP contribution >= 0.6 is 0 Å². The first-order valence-electron chi connectivity index (χ1n) is 7.72. The van der Waals surface area contributed by atoms with Crippen LogP contribution in [0.1, 0.15) is 79.6 Å². The quantitative estimate of drug-likeness (QED) is 0.604. The Morgan fingerprint density at radius 3 is 1.83 bits per heavy atom. The van der Waals surface area contributed by atoms with Crippen molar-refractivity contribution in [2.45, 2.75) is 85.7 Å². The summed E-state index contributed by atoms with van der Waals surface area (Å²) in [4.78, 5) is 0. The van der Waals surface area contributed by atoms with Crippen molar-refractivity contribution in [1.82, 2.24) is 0 Å². The van der Waals surface area contributed by atoms with Crippen molar-refractivity contribution in [3.63, 3.8) is 0 Å². The van der Waals surface area contributed by atoms with Gasteiger partial charge in [-0.2, -0.15) is 0 Å². The molecule has 0 aliphatic rings. The minimum atomic E-state index is -0.0958. The van der Waals surface area contributed by atoms with E-state index in [1.807, 2.05) is 6.92 Å². The molecule has 0 radical (unpaired) electrons. The molecule has 0 fully saturated rings. The van der Waals surface area contributed by atoms with Gasteiger partial charge < -0.3 is 10.2 Å². The third kappa shape index (κ3) is 21.2.